The molecule has 1 aromatic rings. The fourth-order valence-electron chi connectivity index (χ4n) is 2.49. The van der Waals surface area contributed by atoms with Crippen LogP contribution < -0.4 is 0 Å². The van der Waals surface area contributed by atoms with Crippen molar-refractivity contribution in [3.63, 3.8) is 0 Å². The molecular formula is C22H26Cl2O8S. The van der Waals surface area contributed by atoms with Crippen LogP contribution in [0, 0.1) is 12.3 Å². The van der Waals surface area contributed by atoms with Crippen LogP contribution in [0.5, 0.6) is 0 Å². The average Bonchev–Trinajstić information content (AvgIpc) is 2.71. The van der Waals surface area contributed by atoms with E-state index in [2.05, 4.69) is 5.92 Å². The second kappa shape index (κ2) is 15.0. The van der Waals surface area contributed by atoms with Crippen molar-refractivity contribution in [2.75, 3.05) is 19.8 Å². The van der Waals surface area contributed by atoms with Crippen LogP contribution in [-0.2, 0) is 38.1 Å². The fourth-order valence-corrected chi connectivity index (χ4v) is 3.93. The molecule has 11 heteroatoms. The van der Waals surface area contributed by atoms with Crippen LogP contribution >= 0.6 is 35.0 Å². The van der Waals surface area contributed by atoms with Crippen molar-refractivity contribution < 1.29 is 38.1 Å². The van der Waals surface area contributed by atoms with Gasteiger partial charge in [-0.15, -0.1) is 6.42 Å². The highest BCUT2D eigenvalue weighted by Gasteiger charge is 2.33. The Morgan fingerprint density at radius 3 is 2.21 bits per heavy atom. The third kappa shape index (κ3) is 11.6. The number of esters is 3. The maximum Gasteiger partial charge on any atom is 0.303 e. The Bertz CT molecular complexity index is 857. The number of halogens is 2. The van der Waals surface area contributed by atoms with Gasteiger partial charge >= 0.3 is 17.9 Å². The zero-order valence-corrected chi connectivity index (χ0v) is 21.0. The lowest BCUT2D eigenvalue weighted by molar-refractivity contribution is -0.173. The number of carbonyl (C=O) groups is 3. The molecule has 0 aliphatic heterocycles. The van der Waals surface area contributed by atoms with E-state index in [9.17, 15) is 14.4 Å². The molecule has 0 saturated carbocycles. The third-order valence-electron chi connectivity index (χ3n) is 3.87. The van der Waals surface area contributed by atoms with Gasteiger partial charge in [0, 0.05) is 25.7 Å². The largest absolute Gasteiger partial charge is 0.463 e. The van der Waals surface area contributed by atoms with E-state index in [-0.39, 0.29) is 19.8 Å². The Morgan fingerprint density at radius 2 is 1.67 bits per heavy atom. The molecule has 4 atom stereocenters. The maximum absolute atomic E-state index is 11.8. The van der Waals surface area contributed by atoms with E-state index in [0.717, 1.165) is 11.8 Å². The van der Waals surface area contributed by atoms with E-state index in [4.69, 9.17) is 53.3 Å². The SMILES string of the molecule is C#CCOCC(OC(C)=O)C(OC(COC(C)=O)C(C)OC(C)=O)Sc1ccc(Cl)c(Cl)c1. The van der Waals surface area contributed by atoms with E-state index in [1.54, 1.807) is 25.1 Å². The van der Waals surface area contributed by atoms with Gasteiger partial charge in [0.15, 0.2) is 6.10 Å². The molecule has 0 fully saturated rings. The van der Waals surface area contributed by atoms with Crippen molar-refractivity contribution in [2.45, 2.75) is 56.3 Å². The minimum Gasteiger partial charge on any atom is -0.463 e. The lowest BCUT2D eigenvalue weighted by Gasteiger charge is -2.32. The summed E-state index contributed by atoms with van der Waals surface area (Å²) in [4.78, 5) is 35.2. The number of benzene rings is 1. The summed E-state index contributed by atoms with van der Waals surface area (Å²) < 4.78 is 27.3. The molecule has 1 rings (SSSR count). The summed E-state index contributed by atoms with van der Waals surface area (Å²) in [5.41, 5.74) is -0.887. The molecule has 0 saturated heterocycles. The number of hydrogen-bond donors (Lipinski definition) is 0. The van der Waals surface area contributed by atoms with Gasteiger partial charge < -0.3 is 23.7 Å². The van der Waals surface area contributed by atoms with Crippen molar-refractivity contribution in [3.8, 4) is 12.3 Å². The highest BCUT2D eigenvalue weighted by molar-refractivity contribution is 7.99. The van der Waals surface area contributed by atoms with Crippen molar-refractivity contribution in [2.24, 2.45) is 0 Å². The van der Waals surface area contributed by atoms with Gasteiger partial charge in [0.2, 0.25) is 0 Å². The average molecular weight is 521 g/mol. The predicted molar refractivity (Wildman–Crippen MR) is 124 cm³/mol. The number of terminal acetylenes is 1. The van der Waals surface area contributed by atoms with Crippen LogP contribution in [0.15, 0.2) is 23.1 Å². The van der Waals surface area contributed by atoms with E-state index in [1.165, 1.54) is 20.8 Å². The molecule has 1 aromatic carbocycles. The van der Waals surface area contributed by atoms with Crippen LogP contribution in [0.1, 0.15) is 27.7 Å². The number of rotatable bonds is 13. The molecule has 0 aliphatic carbocycles. The van der Waals surface area contributed by atoms with Crippen molar-refractivity contribution in [1.29, 1.82) is 0 Å². The van der Waals surface area contributed by atoms with Crippen LogP contribution in [0.4, 0.5) is 0 Å². The molecule has 8 nitrogen and oxygen atoms in total. The lowest BCUT2D eigenvalue weighted by atomic mass is 10.2. The molecule has 0 aliphatic rings. The Kier molecular flexibility index (Phi) is 13.3. The topological polar surface area (TPSA) is 97.4 Å². The molecule has 33 heavy (non-hydrogen) atoms. The molecule has 0 bridgehead atoms. The zero-order valence-electron chi connectivity index (χ0n) is 18.7. The second-order valence-electron chi connectivity index (χ2n) is 6.72. The van der Waals surface area contributed by atoms with E-state index >= 15 is 0 Å². The third-order valence-corrected chi connectivity index (χ3v) is 5.78. The summed E-state index contributed by atoms with van der Waals surface area (Å²) in [5, 5.41) is 0.682. The predicted octanol–water partition coefficient (Wildman–Crippen LogP) is 3.89. The summed E-state index contributed by atoms with van der Waals surface area (Å²) >= 11 is 13.3. The summed E-state index contributed by atoms with van der Waals surface area (Å²) in [6.45, 7) is 5.02. The number of ether oxygens (including phenoxy) is 5. The number of thioether (sulfide) groups is 1. The normalized spacial score (nSPS) is 14.3. The first-order valence-electron chi connectivity index (χ1n) is 9.79. The molecule has 182 valence electrons. The Morgan fingerprint density at radius 1 is 1.00 bits per heavy atom. The van der Waals surface area contributed by atoms with E-state index in [0.29, 0.717) is 14.9 Å². The maximum atomic E-state index is 11.8. The monoisotopic (exact) mass is 520 g/mol. The van der Waals surface area contributed by atoms with Crippen molar-refractivity contribution >= 4 is 52.9 Å². The standard InChI is InChI=1S/C22H26Cl2O8S/c1-6-9-28-11-21(31-16(5)27)22(33-17-7-8-18(23)19(24)10-17)32-20(12-29-14(3)25)13(2)30-15(4)26/h1,7-8,10,13,20-22H,9,11-12H2,2-5H3. The smallest absolute Gasteiger partial charge is 0.303 e. The minimum atomic E-state index is -0.917. The van der Waals surface area contributed by atoms with Crippen molar-refractivity contribution in [3.05, 3.63) is 28.2 Å². The minimum absolute atomic E-state index is 0.0113. The highest BCUT2D eigenvalue weighted by Crippen LogP contribution is 2.34. The van der Waals surface area contributed by atoms with Crippen LogP contribution in [0.25, 0.3) is 0 Å². The molecule has 0 aromatic heterocycles. The Labute approximate surface area is 207 Å². The number of carbonyl (C=O) groups excluding carboxylic acids is 3. The van der Waals surface area contributed by atoms with Gasteiger partial charge in [0.25, 0.3) is 0 Å². The summed E-state index contributed by atoms with van der Waals surface area (Å²) in [6.07, 6.45) is 2.65. The van der Waals surface area contributed by atoms with Gasteiger partial charge in [-0.1, -0.05) is 40.9 Å². The molecule has 0 N–H and O–H groups in total. The quantitative estimate of drug-likeness (QED) is 0.0956. The summed E-state index contributed by atoms with van der Waals surface area (Å²) in [5.74, 6) is 0.682. The van der Waals surface area contributed by atoms with Gasteiger partial charge in [0.1, 0.15) is 30.9 Å². The Hall–Kier alpha value is -1.96. The van der Waals surface area contributed by atoms with Crippen molar-refractivity contribution in [1.82, 2.24) is 0 Å². The molecule has 0 amide bonds. The first-order chi connectivity index (χ1) is 15.5. The lowest BCUT2D eigenvalue weighted by Crippen LogP contribution is -2.43. The van der Waals surface area contributed by atoms with Gasteiger partial charge in [0.05, 0.1) is 16.7 Å². The zero-order chi connectivity index (χ0) is 25.0. The second-order valence-corrected chi connectivity index (χ2v) is 8.71. The van der Waals surface area contributed by atoms with Gasteiger partial charge in [-0.25, -0.2) is 0 Å². The highest BCUT2D eigenvalue weighted by atomic mass is 35.5. The fraction of sp³-hybridized carbons (Fsp3) is 0.500. The first kappa shape index (κ1) is 29.1. The van der Waals surface area contributed by atoms with Crippen LogP contribution in [0.2, 0.25) is 10.0 Å². The Balaban J connectivity index is 3.26. The summed E-state index contributed by atoms with van der Waals surface area (Å²) in [7, 11) is 0. The molecule has 0 radical (unpaired) electrons. The summed E-state index contributed by atoms with van der Waals surface area (Å²) in [6, 6.07) is 4.93. The van der Waals surface area contributed by atoms with Gasteiger partial charge in [-0.2, -0.15) is 0 Å². The van der Waals surface area contributed by atoms with Crippen LogP contribution in [0.3, 0.4) is 0 Å². The molecule has 4 unspecified atom stereocenters. The van der Waals surface area contributed by atoms with Gasteiger partial charge in [-0.05, 0) is 25.1 Å². The number of hydrogen-bond acceptors (Lipinski definition) is 9. The molecule has 0 heterocycles. The van der Waals surface area contributed by atoms with Crippen LogP contribution in [-0.4, -0.2) is 61.5 Å². The molecule has 0 spiro atoms. The van der Waals surface area contributed by atoms with E-state index in [1.807, 2.05) is 0 Å². The van der Waals surface area contributed by atoms with Gasteiger partial charge in [-0.3, -0.25) is 14.4 Å². The van der Waals surface area contributed by atoms with E-state index < -0.39 is 41.7 Å². The first-order valence-corrected chi connectivity index (χ1v) is 11.4. The molecular weight excluding hydrogens is 495 g/mol.